The summed E-state index contributed by atoms with van der Waals surface area (Å²) in [5, 5.41) is 8.23. The van der Waals surface area contributed by atoms with Crippen LogP contribution in [0.5, 0.6) is 0 Å². The van der Waals surface area contributed by atoms with Crippen LogP contribution < -0.4 is 4.80 Å². The lowest BCUT2D eigenvalue weighted by atomic mass is 10.2. The van der Waals surface area contributed by atoms with E-state index >= 15 is 0 Å². The van der Waals surface area contributed by atoms with Crippen LogP contribution in [-0.4, -0.2) is 10.8 Å². The van der Waals surface area contributed by atoms with Crippen molar-refractivity contribution in [1.29, 1.82) is 0 Å². The number of aryl methyl sites for hydroxylation is 1. The Balaban J connectivity index is 1.97. The summed E-state index contributed by atoms with van der Waals surface area (Å²) in [4.78, 5) is 0.804. The van der Waals surface area contributed by atoms with E-state index in [-0.39, 0.29) is 5.82 Å². The van der Waals surface area contributed by atoms with Crippen LogP contribution in [0.25, 0.3) is 10.2 Å². The summed E-state index contributed by atoms with van der Waals surface area (Å²) in [6.45, 7) is 0. The lowest BCUT2D eigenvalue weighted by Crippen LogP contribution is -2.08. The third kappa shape index (κ3) is 2.53. The van der Waals surface area contributed by atoms with E-state index in [4.69, 9.17) is 0 Å². The Labute approximate surface area is 119 Å². The van der Waals surface area contributed by atoms with E-state index in [9.17, 15) is 4.39 Å². The molecule has 0 saturated carbocycles. The van der Waals surface area contributed by atoms with Crippen molar-refractivity contribution in [2.45, 2.75) is 0 Å². The highest BCUT2D eigenvalue weighted by atomic mass is 32.1. The molecular weight excluding hydrogens is 273 g/mol. The van der Waals surface area contributed by atoms with Gasteiger partial charge in [-0.05, 0) is 29.8 Å². The van der Waals surface area contributed by atoms with Crippen LogP contribution in [0, 0.1) is 5.82 Å². The molecule has 3 aromatic rings. The number of hydrogen-bond donors (Lipinski definition) is 0. The molecule has 0 saturated heterocycles. The second kappa shape index (κ2) is 5.38. The molecule has 20 heavy (non-hydrogen) atoms. The predicted molar refractivity (Wildman–Crippen MR) is 80.4 cm³/mol. The van der Waals surface area contributed by atoms with Crippen LogP contribution in [0.15, 0.2) is 58.7 Å². The lowest BCUT2D eigenvalue weighted by molar-refractivity contribution is 0.627. The molecule has 0 bridgehead atoms. The Morgan fingerprint density at radius 2 is 2.00 bits per heavy atom. The molecule has 0 spiro atoms. The summed E-state index contributed by atoms with van der Waals surface area (Å²) in [7, 11) is 1.95. The molecule has 5 heteroatoms. The average Bonchev–Trinajstić information content (AvgIpc) is 2.76. The smallest absolute Gasteiger partial charge is 0.211 e. The van der Waals surface area contributed by atoms with Gasteiger partial charge >= 0.3 is 0 Å². The topological polar surface area (TPSA) is 29.6 Å². The van der Waals surface area contributed by atoms with Gasteiger partial charge in [-0.15, -0.1) is 5.10 Å². The third-order valence-electron chi connectivity index (χ3n) is 2.91. The predicted octanol–water partition coefficient (Wildman–Crippen LogP) is 3.31. The van der Waals surface area contributed by atoms with Gasteiger partial charge in [0.15, 0.2) is 0 Å². The molecule has 0 amide bonds. The maximum Gasteiger partial charge on any atom is 0.211 e. The van der Waals surface area contributed by atoms with E-state index in [1.165, 1.54) is 12.1 Å². The number of thiazole rings is 1. The number of para-hydroxylation sites is 1. The molecule has 2 aromatic carbocycles. The third-order valence-corrected chi connectivity index (χ3v) is 4.02. The molecule has 0 aliphatic heterocycles. The molecule has 100 valence electrons. The van der Waals surface area contributed by atoms with Crippen molar-refractivity contribution < 1.29 is 4.39 Å². The Morgan fingerprint density at radius 3 is 2.80 bits per heavy atom. The van der Waals surface area contributed by atoms with E-state index in [1.807, 2.05) is 29.8 Å². The van der Waals surface area contributed by atoms with Crippen molar-refractivity contribution in [3.05, 3.63) is 64.7 Å². The Hall–Kier alpha value is -2.27. The Morgan fingerprint density at radius 1 is 1.15 bits per heavy atom. The highest BCUT2D eigenvalue weighted by Crippen LogP contribution is 2.15. The van der Waals surface area contributed by atoms with Crippen LogP contribution in [0.4, 0.5) is 4.39 Å². The van der Waals surface area contributed by atoms with Crippen molar-refractivity contribution in [2.24, 2.45) is 17.3 Å². The Kier molecular flexibility index (Phi) is 3.43. The van der Waals surface area contributed by atoms with Gasteiger partial charge in [0.1, 0.15) is 5.82 Å². The number of benzene rings is 2. The minimum Gasteiger partial charge on any atom is -0.318 e. The zero-order valence-electron chi connectivity index (χ0n) is 10.8. The number of aromatic nitrogens is 1. The van der Waals surface area contributed by atoms with Crippen molar-refractivity contribution in [2.75, 3.05) is 0 Å². The maximum absolute atomic E-state index is 13.0. The quantitative estimate of drug-likeness (QED) is 0.511. The Bertz CT molecular complexity index is 845. The summed E-state index contributed by atoms with van der Waals surface area (Å²) in [6.07, 6.45) is 1.55. The van der Waals surface area contributed by atoms with Gasteiger partial charge < -0.3 is 4.57 Å². The SMILES string of the molecule is Cn1/c(=N\N=C/c2cccc(F)c2)sc2ccccc21. The molecule has 3 nitrogen and oxygen atoms in total. The molecular formula is C15H12FN3S. The van der Waals surface area contributed by atoms with Gasteiger partial charge in [-0.2, -0.15) is 5.10 Å². The minimum absolute atomic E-state index is 0.277. The fraction of sp³-hybridized carbons (Fsp3) is 0.0667. The minimum atomic E-state index is -0.277. The van der Waals surface area contributed by atoms with E-state index in [1.54, 1.807) is 29.7 Å². The van der Waals surface area contributed by atoms with E-state index < -0.39 is 0 Å². The van der Waals surface area contributed by atoms with Crippen LogP contribution in [0.3, 0.4) is 0 Å². The summed E-state index contributed by atoms with van der Waals surface area (Å²) in [5.74, 6) is -0.277. The van der Waals surface area contributed by atoms with Crippen LogP contribution in [-0.2, 0) is 7.05 Å². The van der Waals surface area contributed by atoms with Crippen LogP contribution in [0.1, 0.15) is 5.56 Å². The number of hydrogen-bond acceptors (Lipinski definition) is 3. The van der Waals surface area contributed by atoms with Crippen LogP contribution >= 0.6 is 11.3 Å². The molecule has 0 aliphatic rings. The van der Waals surface area contributed by atoms with Gasteiger partial charge in [0.05, 0.1) is 16.4 Å². The summed E-state index contributed by atoms with van der Waals surface area (Å²) >= 11 is 1.57. The zero-order valence-corrected chi connectivity index (χ0v) is 11.6. The maximum atomic E-state index is 13.0. The molecule has 0 radical (unpaired) electrons. The molecule has 1 aromatic heterocycles. The number of rotatable bonds is 2. The fourth-order valence-corrected chi connectivity index (χ4v) is 2.89. The molecule has 0 aliphatic carbocycles. The molecule has 0 unspecified atom stereocenters. The van der Waals surface area contributed by atoms with Crippen LogP contribution in [0.2, 0.25) is 0 Å². The molecule has 0 N–H and O–H groups in total. The zero-order chi connectivity index (χ0) is 13.9. The molecule has 1 heterocycles. The van der Waals surface area contributed by atoms with E-state index in [0.29, 0.717) is 5.56 Å². The monoisotopic (exact) mass is 285 g/mol. The summed E-state index contributed by atoms with van der Waals surface area (Å²) in [6, 6.07) is 14.3. The molecule has 0 atom stereocenters. The van der Waals surface area contributed by atoms with Gasteiger partial charge in [-0.3, -0.25) is 0 Å². The normalized spacial score (nSPS) is 12.6. The fourth-order valence-electron chi connectivity index (χ4n) is 1.91. The van der Waals surface area contributed by atoms with Gasteiger partial charge in [0.25, 0.3) is 0 Å². The largest absolute Gasteiger partial charge is 0.318 e. The summed E-state index contributed by atoms with van der Waals surface area (Å²) < 4.78 is 16.2. The van der Waals surface area contributed by atoms with Crippen molar-refractivity contribution in [3.8, 4) is 0 Å². The van der Waals surface area contributed by atoms with Crippen molar-refractivity contribution in [1.82, 2.24) is 4.57 Å². The molecule has 0 fully saturated rings. The average molecular weight is 285 g/mol. The first-order chi connectivity index (χ1) is 9.74. The molecule has 3 rings (SSSR count). The van der Waals surface area contributed by atoms with Gasteiger partial charge in [-0.1, -0.05) is 35.6 Å². The summed E-state index contributed by atoms with van der Waals surface area (Å²) in [5.41, 5.74) is 1.81. The van der Waals surface area contributed by atoms with Crippen molar-refractivity contribution in [3.63, 3.8) is 0 Å². The van der Waals surface area contributed by atoms with Crippen molar-refractivity contribution >= 4 is 27.8 Å². The first kappa shape index (κ1) is 12.7. The second-order valence-corrected chi connectivity index (χ2v) is 5.32. The van der Waals surface area contributed by atoms with Gasteiger partial charge in [0, 0.05) is 7.05 Å². The highest BCUT2D eigenvalue weighted by Gasteiger charge is 2.00. The van der Waals surface area contributed by atoms with E-state index in [0.717, 1.165) is 15.0 Å². The number of nitrogens with zero attached hydrogens (tertiary/aromatic N) is 3. The van der Waals surface area contributed by atoms with Gasteiger partial charge in [-0.25, -0.2) is 4.39 Å². The number of halogens is 1. The standard InChI is InChI=1S/C15H12FN3S/c1-19-13-7-2-3-8-14(13)20-15(19)18-17-10-11-5-4-6-12(16)9-11/h2-10H,1H3/b17-10-,18-15+. The lowest BCUT2D eigenvalue weighted by Gasteiger charge is -1.92. The van der Waals surface area contributed by atoms with Gasteiger partial charge in [0.2, 0.25) is 4.80 Å². The number of fused-ring (bicyclic) bond motifs is 1. The first-order valence-corrected chi connectivity index (χ1v) is 6.93. The van der Waals surface area contributed by atoms with E-state index in [2.05, 4.69) is 16.3 Å². The second-order valence-electron chi connectivity index (χ2n) is 4.31. The highest BCUT2D eigenvalue weighted by molar-refractivity contribution is 7.16. The first-order valence-electron chi connectivity index (χ1n) is 6.11.